The summed E-state index contributed by atoms with van der Waals surface area (Å²) in [5, 5.41) is 13.7. The van der Waals surface area contributed by atoms with E-state index in [0.717, 1.165) is 10.7 Å². The minimum Gasteiger partial charge on any atom is -0.395 e. The van der Waals surface area contributed by atoms with Crippen molar-refractivity contribution in [1.82, 2.24) is 14.5 Å². The van der Waals surface area contributed by atoms with Gasteiger partial charge in [-0.15, -0.1) is 5.10 Å². The number of nitrogen functional groups attached to an aromatic ring is 1. The Labute approximate surface area is 93.2 Å². The number of nitrogens with one attached hydrogen (secondary N) is 1. The van der Waals surface area contributed by atoms with Gasteiger partial charge in [0.15, 0.2) is 0 Å². The Balaban J connectivity index is 2.65. The first-order chi connectivity index (χ1) is 7.19. The highest BCUT2D eigenvalue weighted by Crippen LogP contribution is 2.18. The van der Waals surface area contributed by atoms with Gasteiger partial charge < -0.3 is 10.5 Å². The highest BCUT2D eigenvalue weighted by atomic mass is 32.1. The molecule has 7 heteroatoms. The van der Waals surface area contributed by atoms with Crippen molar-refractivity contribution >= 4 is 16.5 Å². The number of hydrazine groups is 1. The van der Waals surface area contributed by atoms with Crippen molar-refractivity contribution in [1.29, 1.82) is 0 Å². The first-order valence-electron chi connectivity index (χ1n) is 4.81. The van der Waals surface area contributed by atoms with Crippen LogP contribution in [-0.4, -0.2) is 38.8 Å². The van der Waals surface area contributed by atoms with Gasteiger partial charge in [0.25, 0.3) is 0 Å². The van der Waals surface area contributed by atoms with Gasteiger partial charge in [-0.25, -0.2) is 5.84 Å². The lowest BCUT2D eigenvalue weighted by molar-refractivity contribution is 0.158. The molecule has 0 saturated heterocycles. The molecule has 0 unspecified atom stereocenters. The van der Waals surface area contributed by atoms with E-state index in [1.54, 1.807) is 0 Å². The third-order valence-electron chi connectivity index (χ3n) is 2.16. The molecule has 0 aliphatic rings. The average Bonchev–Trinajstić information content (AvgIpc) is 2.64. The molecule has 0 aliphatic heterocycles. The van der Waals surface area contributed by atoms with Crippen molar-refractivity contribution in [2.45, 2.75) is 26.4 Å². The molecule has 0 atom stereocenters. The van der Waals surface area contributed by atoms with Crippen molar-refractivity contribution in [2.75, 3.05) is 18.6 Å². The van der Waals surface area contributed by atoms with Crippen LogP contribution in [0.2, 0.25) is 0 Å². The molecule has 86 valence electrons. The van der Waals surface area contributed by atoms with Crippen molar-refractivity contribution in [2.24, 2.45) is 5.84 Å². The molecule has 0 radical (unpaired) electrons. The van der Waals surface area contributed by atoms with Crippen LogP contribution in [0.1, 0.15) is 19.5 Å². The van der Waals surface area contributed by atoms with Crippen LogP contribution in [-0.2, 0) is 6.54 Å². The summed E-state index contributed by atoms with van der Waals surface area (Å²) in [5.41, 5.74) is 3.39. The molecule has 0 saturated carbocycles. The molecule has 1 aromatic heterocycles. The fourth-order valence-corrected chi connectivity index (χ4v) is 1.75. The van der Waals surface area contributed by atoms with E-state index in [1.807, 2.05) is 0 Å². The molecule has 0 amide bonds. The quantitative estimate of drug-likeness (QED) is 0.473. The lowest BCUT2D eigenvalue weighted by atomic mass is 10.3. The van der Waals surface area contributed by atoms with Crippen LogP contribution >= 0.6 is 11.5 Å². The number of hydrogen-bond acceptors (Lipinski definition) is 7. The topological polar surface area (TPSA) is 87.3 Å². The normalized spacial score (nSPS) is 11.3. The molecule has 0 spiro atoms. The largest absolute Gasteiger partial charge is 0.395 e. The van der Waals surface area contributed by atoms with Crippen LogP contribution in [0.5, 0.6) is 0 Å². The molecule has 15 heavy (non-hydrogen) atoms. The Hall–Kier alpha value is -0.760. The second-order valence-electron chi connectivity index (χ2n) is 3.48. The van der Waals surface area contributed by atoms with Crippen molar-refractivity contribution in [3.63, 3.8) is 0 Å². The Kier molecular flexibility index (Phi) is 4.89. The Morgan fingerprint density at radius 3 is 2.87 bits per heavy atom. The zero-order valence-electron chi connectivity index (χ0n) is 8.97. The van der Waals surface area contributed by atoms with E-state index >= 15 is 0 Å². The molecule has 0 aliphatic carbocycles. The van der Waals surface area contributed by atoms with Crippen LogP contribution in [0.4, 0.5) is 5.00 Å². The van der Waals surface area contributed by atoms with E-state index in [2.05, 4.69) is 33.8 Å². The molecule has 4 N–H and O–H groups in total. The van der Waals surface area contributed by atoms with Gasteiger partial charge in [-0.1, -0.05) is 4.49 Å². The summed E-state index contributed by atoms with van der Waals surface area (Å²) in [6.45, 7) is 5.56. The maximum atomic E-state index is 8.93. The Morgan fingerprint density at radius 2 is 2.33 bits per heavy atom. The van der Waals surface area contributed by atoms with Gasteiger partial charge in [0.2, 0.25) is 0 Å². The van der Waals surface area contributed by atoms with Crippen molar-refractivity contribution < 1.29 is 5.11 Å². The van der Waals surface area contributed by atoms with E-state index in [9.17, 15) is 0 Å². The maximum absolute atomic E-state index is 8.93. The molecule has 0 aromatic carbocycles. The zero-order chi connectivity index (χ0) is 11.3. The van der Waals surface area contributed by atoms with E-state index in [4.69, 9.17) is 10.9 Å². The number of aliphatic hydroxyl groups excluding tert-OH is 1. The SMILES string of the molecule is CC(C)N(CCO)Cc1nnsc1NN. The van der Waals surface area contributed by atoms with Crippen LogP contribution in [0.3, 0.4) is 0 Å². The van der Waals surface area contributed by atoms with E-state index in [-0.39, 0.29) is 6.61 Å². The minimum atomic E-state index is 0.140. The zero-order valence-corrected chi connectivity index (χ0v) is 9.79. The maximum Gasteiger partial charge on any atom is 0.148 e. The monoisotopic (exact) mass is 231 g/mol. The molecular weight excluding hydrogens is 214 g/mol. The summed E-state index contributed by atoms with van der Waals surface area (Å²) in [6.07, 6.45) is 0. The minimum absolute atomic E-state index is 0.140. The summed E-state index contributed by atoms with van der Waals surface area (Å²) < 4.78 is 3.83. The summed E-state index contributed by atoms with van der Waals surface area (Å²) in [6, 6.07) is 0.351. The molecular formula is C8H17N5OS. The van der Waals surface area contributed by atoms with E-state index in [1.165, 1.54) is 11.5 Å². The third-order valence-corrected chi connectivity index (χ3v) is 2.86. The van der Waals surface area contributed by atoms with Gasteiger partial charge in [-0.05, 0) is 13.8 Å². The Morgan fingerprint density at radius 1 is 1.60 bits per heavy atom. The summed E-state index contributed by atoms with van der Waals surface area (Å²) in [7, 11) is 0. The molecule has 1 heterocycles. The fraction of sp³-hybridized carbons (Fsp3) is 0.750. The second-order valence-corrected chi connectivity index (χ2v) is 4.24. The number of nitrogens with two attached hydrogens (primary N) is 1. The van der Waals surface area contributed by atoms with E-state index in [0.29, 0.717) is 19.1 Å². The molecule has 0 bridgehead atoms. The summed E-state index contributed by atoms with van der Waals surface area (Å²) in [4.78, 5) is 2.11. The number of hydrogen-bond donors (Lipinski definition) is 3. The van der Waals surface area contributed by atoms with E-state index < -0.39 is 0 Å². The number of aromatic nitrogens is 2. The number of nitrogens with zero attached hydrogens (tertiary/aromatic N) is 3. The third kappa shape index (κ3) is 3.38. The van der Waals surface area contributed by atoms with Crippen LogP contribution in [0.25, 0.3) is 0 Å². The van der Waals surface area contributed by atoms with Crippen LogP contribution < -0.4 is 11.3 Å². The van der Waals surface area contributed by atoms with Gasteiger partial charge in [-0.2, -0.15) is 0 Å². The first-order valence-corrected chi connectivity index (χ1v) is 5.59. The van der Waals surface area contributed by atoms with Crippen LogP contribution in [0.15, 0.2) is 0 Å². The lowest BCUT2D eigenvalue weighted by Crippen LogP contribution is -2.33. The highest BCUT2D eigenvalue weighted by molar-refractivity contribution is 7.10. The lowest BCUT2D eigenvalue weighted by Gasteiger charge is -2.24. The smallest absolute Gasteiger partial charge is 0.148 e. The Bertz CT molecular complexity index is 290. The van der Waals surface area contributed by atoms with Gasteiger partial charge in [-0.3, -0.25) is 4.90 Å². The van der Waals surface area contributed by atoms with Gasteiger partial charge in [0.05, 0.1) is 6.61 Å². The molecule has 1 rings (SSSR count). The second kappa shape index (κ2) is 5.96. The van der Waals surface area contributed by atoms with Gasteiger partial charge in [0, 0.05) is 30.7 Å². The summed E-state index contributed by atoms with van der Waals surface area (Å²) in [5.74, 6) is 5.33. The van der Waals surface area contributed by atoms with Crippen molar-refractivity contribution in [3.05, 3.63) is 5.69 Å². The van der Waals surface area contributed by atoms with Gasteiger partial charge in [0.1, 0.15) is 10.7 Å². The molecule has 1 aromatic rings. The first kappa shape index (κ1) is 12.3. The van der Waals surface area contributed by atoms with Gasteiger partial charge >= 0.3 is 0 Å². The number of rotatable bonds is 6. The standard InChI is InChI=1S/C8H17N5OS/c1-6(2)13(3-4-14)5-7-8(10-9)15-12-11-7/h6,10,14H,3-5,9H2,1-2H3. The summed E-state index contributed by atoms with van der Waals surface area (Å²) >= 11 is 1.23. The average molecular weight is 231 g/mol. The van der Waals surface area contributed by atoms with Crippen LogP contribution in [0, 0.1) is 0 Å². The number of aliphatic hydroxyl groups is 1. The number of anilines is 1. The fourth-order valence-electron chi connectivity index (χ4n) is 1.26. The highest BCUT2D eigenvalue weighted by Gasteiger charge is 2.14. The molecule has 6 nitrogen and oxygen atoms in total. The predicted octanol–water partition coefficient (Wildman–Crippen LogP) is 0.0264. The predicted molar refractivity (Wildman–Crippen MR) is 60.4 cm³/mol. The molecule has 0 fully saturated rings. The van der Waals surface area contributed by atoms with Crippen molar-refractivity contribution in [3.8, 4) is 0 Å².